The van der Waals surface area contributed by atoms with Gasteiger partial charge in [-0.15, -0.1) is 0 Å². The van der Waals surface area contributed by atoms with Gasteiger partial charge in [-0.3, -0.25) is 9.89 Å². The minimum Gasteiger partial charge on any atom is -0.325 e. The van der Waals surface area contributed by atoms with Crippen molar-refractivity contribution in [3.05, 3.63) is 70.9 Å². The fourth-order valence-corrected chi connectivity index (χ4v) is 3.66. The van der Waals surface area contributed by atoms with Gasteiger partial charge in [0, 0.05) is 36.1 Å². The molecule has 0 atom stereocenters. The van der Waals surface area contributed by atoms with Crippen molar-refractivity contribution in [2.75, 3.05) is 21.3 Å². The second-order valence-electron chi connectivity index (χ2n) is 8.04. The maximum atomic E-state index is 13.1. The summed E-state index contributed by atoms with van der Waals surface area (Å²) in [5.74, 6) is 1.48. The van der Waals surface area contributed by atoms with Gasteiger partial charge >= 0.3 is 12.2 Å². The molecule has 0 unspecified atom stereocenters. The predicted molar refractivity (Wildman–Crippen MR) is 137 cm³/mol. The Hall–Kier alpha value is -4.65. The summed E-state index contributed by atoms with van der Waals surface area (Å²) in [6.45, 7) is 3.17. The second kappa shape index (κ2) is 10.8. The van der Waals surface area contributed by atoms with Crippen molar-refractivity contribution in [3.63, 3.8) is 0 Å². The number of halogens is 4. The van der Waals surface area contributed by atoms with Crippen LogP contribution in [0.3, 0.4) is 0 Å². The molecule has 5 N–H and O–H groups in total. The predicted octanol–water partition coefficient (Wildman–Crippen LogP) is 6.19. The molecule has 2 heterocycles. The van der Waals surface area contributed by atoms with Gasteiger partial charge in [0.1, 0.15) is 11.6 Å². The Balaban J connectivity index is 1.44. The van der Waals surface area contributed by atoms with E-state index in [4.69, 9.17) is 11.6 Å². The van der Waals surface area contributed by atoms with Crippen LogP contribution in [-0.4, -0.2) is 32.1 Å². The Morgan fingerprint density at radius 3 is 2.34 bits per heavy atom. The van der Waals surface area contributed by atoms with Crippen LogP contribution >= 0.6 is 11.6 Å². The molecule has 0 radical (unpaired) electrons. The lowest BCUT2D eigenvalue weighted by atomic mass is 10.1. The minimum absolute atomic E-state index is 0.0632. The molecule has 0 bridgehead atoms. The van der Waals surface area contributed by atoms with Crippen LogP contribution in [0.4, 0.5) is 46.8 Å². The number of benzene rings is 2. The molecular formula is C24H20ClF3N8O2. The Morgan fingerprint density at radius 2 is 1.66 bits per heavy atom. The number of amides is 3. The third kappa shape index (κ3) is 6.56. The summed E-state index contributed by atoms with van der Waals surface area (Å²) in [4.78, 5) is 32.3. The smallest absolute Gasteiger partial charge is 0.325 e. The number of rotatable bonds is 6. The van der Waals surface area contributed by atoms with E-state index in [2.05, 4.69) is 41.4 Å². The molecule has 0 saturated heterocycles. The number of aromatic nitrogens is 4. The first-order chi connectivity index (χ1) is 18.0. The van der Waals surface area contributed by atoms with Crippen LogP contribution in [0.15, 0.2) is 54.7 Å². The van der Waals surface area contributed by atoms with Crippen LogP contribution in [-0.2, 0) is 11.0 Å². The average Bonchev–Trinajstić information content (AvgIpc) is 3.25. The summed E-state index contributed by atoms with van der Waals surface area (Å²) in [6, 6.07) is 10.6. The van der Waals surface area contributed by atoms with E-state index in [1.54, 1.807) is 43.5 Å². The van der Waals surface area contributed by atoms with Gasteiger partial charge in [0.15, 0.2) is 11.6 Å². The first kappa shape index (κ1) is 26.4. The number of hydrogen-bond donors (Lipinski definition) is 5. The van der Waals surface area contributed by atoms with Crippen molar-refractivity contribution in [1.82, 2.24) is 20.2 Å². The summed E-state index contributed by atoms with van der Waals surface area (Å²) < 4.78 is 39.2. The van der Waals surface area contributed by atoms with Crippen molar-refractivity contribution in [1.29, 1.82) is 0 Å². The number of carbonyl (C=O) groups is 2. The topological polar surface area (TPSA) is 137 Å². The van der Waals surface area contributed by atoms with Gasteiger partial charge in [-0.05, 0) is 55.0 Å². The molecular weight excluding hydrogens is 525 g/mol. The Kier molecular flexibility index (Phi) is 7.48. The molecule has 0 aliphatic rings. The number of nitrogens with zero attached hydrogens (tertiary/aromatic N) is 3. The number of urea groups is 1. The van der Waals surface area contributed by atoms with Crippen LogP contribution in [0.1, 0.15) is 18.1 Å². The summed E-state index contributed by atoms with van der Waals surface area (Å²) in [6.07, 6.45) is -3.09. The molecule has 2 aromatic heterocycles. The zero-order valence-corrected chi connectivity index (χ0v) is 20.6. The molecule has 0 spiro atoms. The van der Waals surface area contributed by atoms with Gasteiger partial charge in [-0.2, -0.15) is 18.3 Å². The van der Waals surface area contributed by atoms with Crippen LogP contribution in [0.25, 0.3) is 11.4 Å². The minimum atomic E-state index is -4.65. The highest BCUT2D eigenvalue weighted by atomic mass is 35.5. The summed E-state index contributed by atoms with van der Waals surface area (Å²) in [5.41, 5.74) is 0.725. The van der Waals surface area contributed by atoms with Crippen molar-refractivity contribution in [2.45, 2.75) is 20.0 Å². The monoisotopic (exact) mass is 544 g/mol. The maximum Gasteiger partial charge on any atom is 0.417 e. The third-order valence-corrected chi connectivity index (χ3v) is 5.38. The Bertz CT molecular complexity index is 1510. The molecule has 0 saturated carbocycles. The lowest BCUT2D eigenvalue weighted by Crippen LogP contribution is -2.20. The fourth-order valence-electron chi connectivity index (χ4n) is 3.43. The van der Waals surface area contributed by atoms with Gasteiger partial charge in [-0.1, -0.05) is 11.6 Å². The van der Waals surface area contributed by atoms with Gasteiger partial charge in [0.05, 0.1) is 10.6 Å². The van der Waals surface area contributed by atoms with Crippen LogP contribution in [0.5, 0.6) is 0 Å². The normalized spacial score (nSPS) is 11.1. The van der Waals surface area contributed by atoms with Gasteiger partial charge < -0.3 is 21.3 Å². The highest BCUT2D eigenvalue weighted by molar-refractivity contribution is 6.31. The number of anilines is 5. The summed E-state index contributed by atoms with van der Waals surface area (Å²) in [7, 11) is 0. The Labute approximate surface area is 219 Å². The molecule has 2 aromatic carbocycles. The van der Waals surface area contributed by atoms with Gasteiger partial charge in [-0.25, -0.2) is 14.8 Å². The molecule has 0 aliphatic carbocycles. The molecule has 14 heteroatoms. The van der Waals surface area contributed by atoms with Crippen LogP contribution < -0.4 is 21.3 Å². The van der Waals surface area contributed by atoms with E-state index < -0.39 is 22.8 Å². The van der Waals surface area contributed by atoms with E-state index in [-0.39, 0.29) is 11.6 Å². The lowest BCUT2D eigenvalue weighted by molar-refractivity contribution is -0.137. The van der Waals surface area contributed by atoms with E-state index in [1.165, 1.54) is 13.0 Å². The molecule has 4 aromatic rings. The largest absolute Gasteiger partial charge is 0.417 e. The number of H-pyrrole nitrogens is 1. The van der Waals surface area contributed by atoms with Crippen molar-refractivity contribution in [2.24, 2.45) is 0 Å². The fraction of sp³-hybridized carbons (Fsp3) is 0.125. The van der Waals surface area contributed by atoms with Crippen molar-refractivity contribution < 1.29 is 22.8 Å². The summed E-state index contributed by atoms with van der Waals surface area (Å²) in [5, 5.41) is 16.8. The molecule has 10 nitrogen and oxygen atoms in total. The van der Waals surface area contributed by atoms with E-state index in [9.17, 15) is 22.8 Å². The van der Waals surface area contributed by atoms with Gasteiger partial charge in [0.2, 0.25) is 5.91 Å². The van der Waals surface area contributed by atoms with Crippen LogP contribution in [0.2, 0.25) is 5.02 Å². The van der Waals surface area contributed by atoms with E-state index in [0.29, 0.717) is 34.5 Å². The number of alkyl halides is 3. The number of aromatic amines is 1. The highest BCUT2D eigenvalue weighted by Crippen LogP contribution is 2.36. The first-order valence-electron chi connectivity index (χ1n) is 11.0. The molecule has 0 aliphatic heterocycles. The Morgan fingerprint density at radius 1 is 0.947 bits per heavy atom. The quantitative estimate of drug-likeness (QED) is 0.196. The van der Waals surface area contributed by atoms with Crippen LogP contribution in [0, 0.1) is 6.92 Å². The molecule has 4 rings (SSSR count). The first-order valence-corrected chi connectivity index (χ1v) is 11.3. The van der Waals surface area contributed by atoms with E-state index >= 15 is 0 Å². The number of carbonyl (C=O) groups excluding carboxylic acids is 2. The molecule has 0 fully saturated rings. The second-order valence-corrected chi connectivity index (χ2v) is 8.45. The van der Waals surface area contributed by atoms with E-state index in [1.807, 2.05) is 0 Å². The number of aryl methyl sites for hydroxylation is 1. The van der Waals surface area contributed by atoms with E-state index in [0.717, 1.165) is 17.7 Å². The average molecular weight is 545 g/mol. The molecule has 3 amide bonds. The number of nitrogens with one attached hydrogen (secondary N) is 5. The SMILES string of the molecule is CC(=O)Nc1cc(Nc2ccnc(-c3ccc(NC(=O)Nc4ccc(Cl)c(C(F)(F)F)c4)cc3C)n2)[nH]n1. The standard InChI is InChI=1S/C24H20ClF3N8O2/c1-12-9-14(31-23(38)32-15-4-6-18(25)17(10-15)24(26,27)28)3-5-16(12)22-29-8-7-19(34-22)33-21-11-20(35-36-21)30-13(2)37/h3-11H,1-2H3,(H2,31,32,38)(H3,29,30,33,34,35,36,37). The lowest BCUT2D eigenvalue weighted by Gasteiger charge is -2.13. The van der Waals surface area contributed by atoms with Crippen molar-refractivity contribution >= 4 is 52.4 Å². The maximum absolute atomic E-state index is 13.1. The van der Waals surface area contributed by atoms with Crippen molar-refractivity contribution in [3.8, 4) is 11.4 Å². The molecule has 38 heavy (non-hydrogen) atoms. The third-order valence-electron chi connectivity index (χ3n) is 5.06. The zero-order valence-electron chi connectivity index (χ0n) is 19.9. The number of hydrogen-bond acceptors (Lipinski definition) is 6. The highest BCUT2D eigenvalue weighted by Gasteiger charge is 2.33. The van der Waals surface area contributed by atoms with Gasteiger partial charge in [0.25, 0.3) is 0 Å². The zero-order chi connectivity index (χ0) is 27.4. The molecule has 196 valence electrons. The summed E-state index contributed by atoms with van der Waals surface area (Å²) >= 11 is 5.62.